The molecule has 14 heavy (non-hydrogen) atoms. The Bertz CT molecular complexity index is 338. The molecule has 78 valence electrons. The molecule has 0 aromatic carbocycles. The zero-order chi connectivity index (χ0) is 10.9. The lowest BCUT2D eigenvalue weighted by Gasteiger charge is -2.13. The first-order chi connectivity index (χ1) is 6.32. The number of oxazole rings is 1. The van der Waals surface area contributed by atoms with Crippen molar-refractivity contribution in [2.45, 2.75) is 32.2 Å². The average Bonchev–Trinajstić information content (AvgIpc) is 2.49. The monoisotopic (exact) mass is 198 g/mol. The number of rotatable bonds is 2. The van der Waals surface area contributed by atoms with Crippen LogP contribution in [0.3, 0.4) is 0 Å². The molecule has 0 saturated carbocycles. The molecule has 5 heteroatoms. The van der Waals surface area contributed by atoms with Crippen LogP contribution in [0.2, 0.25) is 0 Å². The topological polar surface area (TPSA) is 89.3 Å². The van der Waals surface area contributed by atoms with Crippen LogP contribution in [0.15, 0.2) is 10.7 Å². The number of carboxylic acids is 1. The Labute approximate surface area is 81.9 Å². The third-order valence-electron chi connectivity index (χ3n) is 1.82. The highest BCUT2D eigenvalue weighted by atomic mass is 16.4. The molecule has 0 aliphatic heterocycles. The minimum Gasteiger partial charge on any atom is -0.480 e. The fourth-order valence-corrected chi connectivity index (χ4v) is 0.881. The Morgan fingerprint density at radius 2 is 2.21 bits per heavy atom. The number of hydrogen-bond donors (Lipinski definition) is 2. The third-order valence-corrected chi connectivity index (χ3v) is 1.82. The minimum atomic E-state index is -1.19. The van der Waals surface area contributed by atoms with Gasteiger partial charge in [0.15, 0.2) is 6.04 Å². The van der Waals surface area contributed by atoms with Gasteiger partial charge in [0.25, 0.3) is 0 Å². The zero-order valence-electron chi connectivity index (χ0n) is 8.44. The highest BCUT2D eigenvalue weighted by Gasteiger charge is 2.24. The molecule has 1 unspecified atom stereocenters. The van der Waals surface area contributed by atoms with Gasteiger partial charge in [-0.2, -0.15) is 0 Å². The highest BCUT2D eigenvalue weighted by Crippen LogP contribution is 2.22. The van der Waals surface area contributed by atoms with E-state index in [-0.39, 0.29) is 11.3 Å². The van der Waals surface area contributed by atoms with Crippen molar-refractivity contribution in [1.29, 1.82) is 0 Å². The van der Waals surface area contributed by atoms with Crippen molar-refractivity contribution in [1.82, 2.24) is 4.98 Å². The summed E-state index contributed by atoms with van der Waals surface area (Å²) in [6.07, 6.45) is 1.44. The highest BCUT2D eigenvalue weighted by molar-refractivity contribution is 5.73. The number of carboxylic acid groups (broad SMARTS) is 1. The zero-order valence-corrected chi connectivity index (χ0v) is 8.44. The van der Waals surface area contributed by atoms with Crippen LogP contribution in [-0.4, -0.2) is 16.1 Å². The molecule has 1 heterocycles. The van der Waals surface area contributed by atoms with Crippen molar-refractivity contribution in [2.75, 3.05) is 0 Å². The molecule has 0 aliphatic carbocycles. The maximum Gasteiger partial charge on any atom is 0.330 e. The molecule has 5 nitrogen and oxygen atoms in total. The van der Waals surface area contributed by atoms with Crippen LogP contribution in [0.25, 0.3) is 0 Å². The van der Waals surface area contributed by atoms with E-state index < -0.39 is 12.0 Å². The summed E-state index contributed by atoms with van der Waals surface area (Å²) in [5.41, 5.74) is 5.87. The standard InChI is InChI=1S/C9H14N2O3/c1-9(2,3)5-4-14-7(11-5)6(10)8(12)13/h4,6H,10H2,1-3H3,(H,12,13). The number of nitrogens with two attached hydrogens (primary N) is 1. The van der Waals surface area contributed by atoms with Gasteiger partial charge in [-0.05, 0) is 0 Å². The summed E-state index contributed by atoms with van der Waals surface area (Å²) >= 11 is 0. The molecule has 0 bridgehead atoms. The lowest BCUT2D eigenvalue weighted by molar-refractivity contribution is -0.139. The Hall–Kier alpha value is -1.36. The molecule has 0 aliphatic rings. The Balaban J connectivity index is 2.94. The fraction of sp³-hybridized carbons (Fsp3) is 0.556. The number of hydrogen-bond acceptors (Lipinski definition) is 4. The van der Waals surface area contributed by atoms with E-state index in [1.54, 1.807) is 0 Å². The van der Waals surface area contributed by atoms with Gasteiger partial charge < -0.3 is 15.3 Å². The van der Waals surface area contributed by atoms with Gasteiger partial charge in [0.1, 0.15) is 6.26 Å². The van der Waals surface area contributed by atoms with E-state index in [1.807, 2.05) is 20.8 Å². The van der Waals surface area contributed by atoms with E-state index in [2.05, 4.69) is 4.98 Å². The second-order valence-electron chi connectivity index (χ2n) is 4.14. The normalized spacial score (nSPS) is 14.0. The van der Waals surface area contributed by atoms with E-state index in [9.17, 15) is 4.79 Å². The van der Waals surface area contributed by atoms with E-state index in [1.165, 1.54) is 6.26 Å². The van der Waals surface area contributed by atoms with Crippen LogP contribution >= 0.6 is 0 Å². The summed E-state index contributed by atoms with van der Waals surface area (Å²) in [4.78, 5) is 14.6. The van der Waals surface area contributed by atoms with Gasteiger partial charge in [-0.1, -0.05) is 20.8 Å². The summed E-state index contributed by atoms with van der Waals surface area (Å²) in [6, 6.07) is -1.19. The molecule has 1 aromatic rings. The molecular weight excluding hydrogens is 184 g/mol. The van der Waals surface area contributed by atoms with Gasteiger partial charge in [0.2, 0.25) is 5.89 Å². The Kier molecular flexibility index (Phi) is 2.62. The van der Waals surface area contributed by atoms with Gasteiger partial charge in [-0.3, -0.25) is 0 Å². The van der Waals surface area contributed by atoms with E-state index >= 15 is 0 Å². The molecule has 0 fully saturated rings. The second kappa shape index (κ2) is 3.42. The van der Waals surface area contributed by atoms with Crippen molar-refractivity contribution in [2.24, 2.45) is 5.73 Å². The Morgan fingerprint density at radius 1 is 1.64 bits per heavy atom. The van der Waals surface area contributed by atoms with E-state index in [0.717, 1.165) is 0 Å². The maximum absolute atomic E-state index is 10.5. The van der Waals surface area contributed by atoms with Crippen LogP contribution in [0, 0.1) is 0 Å². The summed E-state index contributed by atoms with van der Waals surface area (Å²) in [5.74, 6) is -1.10. The van der Waals surface area contributed by atoms with E-state index in [0.29, 0.717) is 5.69 Å². The lowest BCUT2D eigenvalue weighted by atomic mass is 9.93. The van der Waals surface area contributed by atoms with Crippen molar-refractivity contribution < 1.29 is 14.3 Å². The molecule has 1 atom stereocenters. The van der Waals surface area contributed by atoms with Gasteiger partial charge >= 0.3 is 5.97 Å². The van der Waals surface area contributed by atoms with Crippen LogP contribution in [0.1, 0.15) is 38.4 Å². The average molecular weight is 198 g/mol. The minimum absolute atomic E-state index is 0.0439. The summed E-state index contributed by atoms with van der Waals surface area (Å²) in [6.45, 7) is 5.88. The second-order valence-corrected chi connectivity index (χ2v) is 4.14. The molecule has 0 saturated heterocycles. The maximum atomic E-state index is 10.5. The first kappa shape index (κ1) is 10.7. The number of aromatic nitrogens is 1. The number of aliphatic carboxylic acids is 1. The Morgan fingerprint density at radius 3 is 2.57 bits per heavy atom. The van der Waals surface area contributed by atoms with Gasteiger partial charge in [-0.15, -0.1) is 0 Å². The molecular formula is C9H14N2O3. The largest absolute Gasteiger partial charge is 0.480 e. The molecule has 0 spiro atoms. The van der Waals surface area contributed by atoms with Crippen molar-refractivity contribution >= 4 is 5.97 Å². The van der Waals surface area contributed by atoms with Crippen LogP contribution in [0.5, 0.6) is 0 Å². The fourth-order valence-electron chi connectivity index (χ4n) is 0.881. The van der Waals surface area contributed by atoms with Crippen molar-refractivity contribution in [3.63, 3.8) is 0 Å². The van der Waals surface area contributed by atoms with Crippen molar-refractivity contribution in [3.8, 4) is 0 Å². The van der Waals surface area contributed by atoms with E-state index in [4.69, 9.17) is 15.3 Å². The molecule has 0 radical (unpaired) electrons. The molecule has 1 rings (SSSR count). The quantitative estimate of drug-likeness (QED) is 0.741. The predicted octanol–water partition coefficient (Wildman–Crippen LogP) is 1.06. The van der Waals surface area contributed by atoms with Crippen LogP contribution in [-0.2, 0) is 10.2 Å². The summed E-state index contributed by atoms with van der Waals surface area (Å²) < 4.78 is 5.00. The van der Waals surface area contributed by atoms with Crippen LogP contribution in [0.4, 0.5) is 0 Å². The summed E-state index contributed by atoms with van der Waals surface area (Å²) in [7, 11) is 0. The molecule has 0 amide bonds. The third kappa shape index (κ3) is 2.11. The summed E-state index contributed by atoms with van der Waals surface area (Å²) in [5, 5.41) is 8.62. The first-order valence-electron chi connectivity index (χ1n) is 4.26. The number of carbonyl (C=O) groups is 1. The smallest absolute Gasteiger partial charge is 0.330 e. The predicted molar refractivity (Wildman–Crippen MR) is 49.8 cm³/mol. The van der Waals surface area contributed by atoms with Crippen molar-refractivity contribution in [3.05, 3.63) is 17.8 Å². The van der Waals surface area contributed by atoms with Gasteiger partial charge in [0, 0.05) is 5.41 Å². The van der Waals surface area contributed by atoms with Crippen LogP contribution < -0.4 is 5.73 Å². The first-order valence-corrected chi connectivity index (χ1v) is 4.26. The van der Waals surface area contributed by atoms with Gasteiger partial charge in [0.05, 0.1) is 5.69 Å². The van der Waals surface area contributed by atoms with Gasteiger partial charge in [-0.25, -0.2) is 9.78 Å². The SMILES string of the molecule is CC(C)(C)c1coc(C(N)C(=O)O)n1. The lowest BCUT2D eigenvalue weighted by Crippen LogP contribution is -2.21. The number of nitrogens with zero attached hydrogens (tertiary/aromatic N) is 1. The molecule has 3 N–H and O–H groups in total. The molecule has 1 aromatic heterocycles.